The van der Waals surface area contributed by atoms with Crippen LogP contribution in [0.2, 0.25) is 0 Å². The van der Waals surface area contributed by atoms with Gasteiger partial charge in [0.1, 0.15) is 6.10 Å². The molecule has 0 aliphatic carbocycles. The van der Waals surface area contributed by atoms with Gasteiger partial charge in [-0.1, -0.05) is 66.7 Å². The van der Waals surface area contributed by atoms with E-state index in [4.69, 9.17) is 14.2 Å². The van der Waals surface area contributed by atoms with Crippen molar-refractivity contribution in [3.8, 4) is 11.5 Å². The molecular weight excluding hydrogens is 430 g/mol. The lowest BCUT2D eigenvalue weighted by molar-refractivity contribution is -0.149. The molecule has 1 amide bonds. The number of rotatable bonds is 11. The van der Waals surface area contributed by atoms with Crippen LogP contribution in [0.1, 0.15) is 29.2 Å². The van der Waals surface area contributed by atoms with E-state index < -0.39 is 6.10 Å². The van der Waals surface area contributed by atoms with E-state index in [-0.39, 0.29) is 24.8 Å². The van der Waals surface area contributed by atoms with Gasteiger partial charge in [-0.3, -0.25) is 9.59 Å². The molecule has 3 rings (SSSR count). The number of hydrogen-bond acceptors (Lipinski definition) is 5. The highest BCUT2D eigenvalue weighted by molar-refractivity contribution is 5.91. The molecule has 1 unspecified atom stereocenters. The van der Waals surface area contributed by atoms with Gasteiger partial charge in [0.2, 0.25) is 5.91 Å². The molecule has 0 heterocycles. The van der Waals surface area contributed by atoms with Crippen molar-refractivity contribution in [2.24, 2.45) is 0 Å². The highest BCUT2D eigenvalue weighted by Crippen LogP contribution is 2.31. The highest BCUT2D eigenvalue weighted by Gasteiger charge is 2.19. The third-order valence-corrected chi connectivity index (χ3v) is 5.20. The summed E-state index contributed by atoms with van der Waals surface area (Å²) >= 11 is 0. The van der Waals surface area contributed by atoms with Gasteiger partial charge in [0.05, 0.1) is 20.8 Å². The monoisotopic (exact) mass is 459 g/mol. The molecule has 3 aromatic rings. The first kappa shape index (κ1) is 24.6. The molecule has 0 saturated carbocycles. The summed E-state index contributed by atoms with van der Waals surface area (Å²) in [5, 5.41) is 2.82. The zero-order chi connectivity index (χ0) is 24.2. The molecule has 6 nitrogen and oxygen atoms in total. The van der Waals surface area contributed by atoms with E-state index in [0.29, 0.717) is 23.5 Å². The van der Waals surface area contributed by atoms with Gasteiger partial charge in [-0.2, -0.15) is 0 Å². The summed E-state index contributed by atoms with van der Waals surface area (Å²) in [5.74, 6) is 0.447. The summed E-state index contributed by atoms with van der Waals surface area (Å²) in [6, 6.07) is 24.6. The van der Waals surface area contributed by atoms with Crippen LogP contribution < -0.4 is 14.8 Å². The van der Waals surface area contributed by atoms with Crippen LogP contribution in [0.4, 0.5) is 0 Å². The Bertz CT molecular complexity index is 1100. The fraction of sp³-hybridized carbons (Fsp3) is 0.214. The van der Waals surface area contributed by atoms with Crippen LogP contribution in [0, 0.1) is 0 Å². The number of amides is 1. The Labute approximate surface area is 200 Å². The van der Waals surface area contributed by atoms with Crippen molar-refractivity contribution in [3.05, 3.63) is 102 Å². The average molecular weight is 460 g/mol. The van der Waals surface area contributed by atoms with Crippen LogP contribution >= 0.6 is 0 Å². The number of carbonyl (C=O) groups excluding carboxylic acids is 2. The van der Waals surface area contributed by atoms with Crippen molar-refractivity contribution in [1.29, 1.82) is 0 Å². The SMILES string of the molecule is COc1ccc(C(CNC(=O)C=Cc2ccccc2)OC(=O)CCc2ccccc2)cc1OC. The minimum Gasteiger partial charge on any atom is -0.493 e. The molecule has 34 heavy (non-hydrogen) atoms. The Kier molecular flexibility index (Phi) is 9.29. The average Bonchev–Trinajstić information content (AvgIpc) is 2.89. The van der Waals surface area contributed by atoms with Crippen molar-refractivity contribution in [3.63, 3.8) is 0 Å². The third kappa shape index (κ3) is 7.52. The first-order valence-electron chi connectivity index (χ1n) is 11.1. The van der Waals surface area contributed by atoms with E-state index in [1.165, 1.54) is 6.08 Å². The summed E-state index contributed by atoms with van der Waals surface area (Å²) in [5.41, 5.74) is 2.67. The van der Waals surface area contributed by atoms with E-state index in [0.717, 1.165) is 11.1 Å². The zero-order valence-electron chi connectivity index (χ0n) is 19.4. The van der Waals surface area contributed by atoms with Gasteiger partial charge < -0.3 is 19.5 Å². The van der Waals surface area contributed by atoms with Gasteiger partial charge in [-0.15, -0.1) is 0 Å². The fourth-order valence-corrected chi connectivity index (χ4v) is 3.38. The third-order valence-electron chi connectivity index (χ3n) is 5.20. The van der Waals surface area contributed by atoms with Gasteiger partial charge in [0.25, 0.3) is 0 Å². The maximum atomic E-state index is 12.6. The smallest absolute Gasteiger partial charge is 0.306 e. The minimum atomic E-state index is -0.683. The van der Waals surface area contributed by atoms with Crippen LogP contribution in [0.5, 0.6) is 11.5 Å². The van der Waals surface area contributed by atoms with E-state index in [1.54, 1.807) is 38.5 Å². The molecular formula is C28H29NO5. The molecule has 6 heteroatoms. The van der Waals surface area contributed by atoms with E-state index in [1.807, 2.05) is 60.7 Å². The molecule has 0 aromatic heterocycles. The summed E-state index contributed by atoms with van der Waals surface area (Å²) in [7, 11) is 3.09. The maximum Gasteiger partial charge on any atom is 0.306 e. The summed E-state index contributed by atoms with van der Waals surface area (Å²) in [6.07, 6.45) is 3.31. The molecule has 0 radical (unpaired) electrons. The number of benzene rings is 3. The molecule has 1 N–H and O–H groups in total. The van der Waals surface area contributed by atoms with Crippen LogP contribution in [-0.2, 0) is 20.7 Å². The number of ether oxygens (including phenoxy) is 3. The topological polar surface area (TPSA) is 73.9 Å². The normalized spacial score (nSPS) is 11.6. The lowest BCUT2D eigenvalue weighted by Crippen LogP contribution is -2.29. The van der Waals surface area contributed by atoms with E-state index >= 15 is 0 Å². The Balaban J connectivity index is 1.68. The largest absolute Gasteiger partial charge is 0.493 e. The summed E-state index contributed by atoms with van der Waals surface area (Å²) in [4.78, 5) is 25.0. The Morgan fingerprint density at radius 3 is 2.24 bits per heavy atom. The number of esters is 1. The lowest BCUT2D eigenvalue weighted by atomic mass is 10.1. The van der Waals surface area contributed by atoms with Crippen LogP contribution in [0.25, 0.3) is 6.08 Å². The van der Waals surface area contributed by atoms with Crippen molar-refractivity contribution in [2.75, 3.05) is 20.8 Å². The maximum absolute atomic E-state index is 12.6. The van der Waals surface area contributed by atoms with E-state index in [9.17, 15) is 9.59 Å². The van der Waals surface area contributed by atoms with Crippen LogP contribution in [0.15, 0.2) is 84.9 Å². The fourth-order valence-electron chi connectivity index (χ4n) is 3.38. The standard InChI is InChI=1S/C28H29NO5/c1-32-24-16-15-23(19-25(24)33-2)26(34-28(31)18-14-22-11-7-4-8-12-22)20-29-27(30)17-13-21-9-5-3-6-10-21/h3-13,15-17,19,26H,14,18,20H2,1-2H3,(H,29,30). The Morgan fingerprint density at radius 1 is 0.882 bits per heavy atom. The number of hydrogen-bond donors (Lipinski definition) is 1. The van der Waals surface area contributed by atoms with Crippen molar-refractivity contribution >= 4 is 18.0 Å². The summed E-state index contributed by atoms with van der Waals surface area (Å²) in [6.45, 7) is 0.116. The zero-order valence-corrected chi connectivity index (χ0v) is 19.4. The Hall–Kier alpha value is -4.06. The van der Waals surface area contributed by atoms with Crippen LogP contribution in [-0.4, -0.2) is 32.6 Å². The first-order valence-corrected chi connectivity index (χ1v) is 11.1. The van der Waals surface area contributed by atoms with Crippen LogP contribution in [0.3, 0.4) is 0 Å². The summed E-state index contributed by atoms with van der Waals surface area (Å²) < 4.78 is 16.5. The predicted molar refractivity (Wildman–Crippen MR) is 132 cm³/mol. The predicted octanol–water partition coefficient (Wildman–Crippen LogP) is 4.75. The molecule has 3 aromatic carbocycles. The first-order chi connectivity index (χ1) is 16.6. The highest BCUT2D eigenvalue weighted by atomic mass is 16.5. The number of methoxy groups -OCH3 is 2. The van der Waals surface area contributed by atoms with Crippen molar-refractivity contribution in [1.82, 2.24) is 5.32 Å². The van der Waals surface area contributed by atoms with Crippen molar-refractivity contribution in [2.45, 2.75) is 18.9 Å². The molecule has 0 bridgehead atoms. The van der Waals surface area contributed by atoms with Gasteiger partial charge in [-0.25, -0.2) is 0 Å². The van der Waals surface area contributed by atoms with Gasteiger partial charge >= 0.3 is 5.97 Å². The molecule has 0 aliphatic heterocycles. The Morgan fingerprint density at radius 2 is 1.56 bits per heavy atom. The molecule has 0 fully saturated rings. The second-order valence-electron chi connectivity index (χ2n) is 7.57. The molecule has 0 aliphatic rings. The van der Waals surface area contributed by atoms with Crippen molar-refractivity contribution < 1.29 is 23.8 Å². The number of aryl methyl sites for hydroxylation is 1. The number of nitrogens with one attached hydrogen (secondary N) is 1. The molecule has 0 saturated heterocycles. The number of carbonyl (C=O) groups is 2. The lowest BCUT2D eigenvalue weighted by Gasteiger charge is -2.20. The second kappa shape index (κ2) is 12.8. The molecule has 176 valence electrons. The van der Waals surface area contributed by atoms with Gasteiger partial charge in [-0.05, 0) is 41.3 Å². The molecule has 0 spiro atoms. The minimum absolute atomic E-state index is 0.116. The van der Waals surface area contributed by atoms with Gasteiger partial charge in [0.15, 0.2) is 11.5 Å². The molecule has 1 atom stereocenters. The van der Waals surface area contributed by atoms with Gasteiger partial charge in [0, 0.05) is 12.5 Å². The second-order valence-corrected chi connectivity index (χ2v) is 7.57. The van der Waals surface area contributed by atoms with E-state index in [2.05, 4.69) is 5.32 Å². The quantitative estimate of drug-likeness (QED) is 0.331.